The molecule has 4 aliphatic carbocycles. The fourth-order valence-corrected chi connectivity index (χ4v) is 5.18. The van der Waals surface area contributed by atoms with Crippen LogP contribution in [-0.4, -0.2) is 6.61 Å². The van der Waals surface area contributed by atoms with Gasteiger partial charge in [0.2, 0.25) is 0 Å². The molecule has 3 nitrogen and oxygen atoms in total. The van der Waals surface area contributed by atoms with E-state index in [4.69, 9.17) is 10.6 Å². The van der Waals surface area contributed by atoms with E-state index in [0.717, 1.165) is 47.6 Å². The molecule has 4 fully saturated rings. The highest BCUT2D eigenvalue weighted by Crippen LogP contribution is 2.56. The summed E-state index contributed by atoms with van der Waals surface area (Å²) in [4.78, 5) is 0. The van der Waals surface area contributed by atoms with Gasteiger partial charge in [-0.25, -0.2) is 0 Å². The van der Waals surface area contributed by atoms with Crippen LogP contribution in [0, 0.1) is 29.6 Å². The molecular weight excluding hydrogens is 248 g/mol. The van der Waals surface area contributed by atoms with Gasteiger partial charge in [-0.1, -0.05) is 6.07 Å². The lowest BCUT2D eigenvalue weighted by molar-refractivity contribution is -0.0529. The van der Waals surface area contributed by atoms with Crippen LogP contribution in [0.1, 0.15) is 32.1 Å². The molecule has 1 aromatic rings. The van der Waals surface area contributed by atoms with E-state index in [1.54, 1.807) is 0 Å². The molecule has 4 bridgehead atoms. The first-order valence-corrected chi connectivity index (χ1v) is 8.01. The second-order valence-corrected chi connectivity index (χ2v) is 7.08. The Morgan fingerprint density at radius 3 is 2.40 bits per heavy atom. The van der Waals surface area contributed by atoms with E-state index < -0.39 is 0 Å². The van der Waals surface area contributed by atoms with Gasteiger partial charge < -0.3 is 10.2 Å². The predicted octanol–water partition coefficient (Wildman–Crippen LogP) is 3.42. The van der Waals surface area contributed by atoms with Gasteiger partial charge in [0.05, 0.1) is 12.3 Å². The lowest BCUT2D eigenvalue weighted by atomic mass is 9.52. The number of anilines is 1. The fraction of sp³-hybridized carbons (Fsp3) is 0.647. The zero-order chi connectivity index (χ0) is 13.5. The average Bonchev–Trinajstić information content (AvgIpc) is 2.46. The number of rotatable bonds is 4. The minimum atomic E-state index is 0.789. The summed E-state index contributed by atoms with van der Waals surface area (Å²) in [5.41, 5.74) is 3.59. The summed E-state index contributed by atoms with van der Waals surface area (Å²) in [5.74, 6) is 11.1. The molecule has 0 heterocycles. The SMILES string of the molecule is NNc1cccc(OCC2C3CC4CC(C3)CC2C4)c1. The number of hydrazine groups is 1. The first-order valence-electron chi connectivity index (χ1n) is 8.01. The molecule has 1 aromatic carbocycles. The molecule has 3 heteroatoms. The monoisotopic (exact) mass is 272 g/mol. The van der Waals surface area contributed by atoms with Crippen LogP contribution in [0.15, 0.2) is 24.3 Å². The topological polar surface area (TPSA) is 47.3 Å². The Labute approximate surface area is 120 Å². The van der Waals surface area contributed by atoms with E-state index in [0.29, 0.717) is 0 Å². The molecule has 0 aliphatic heterocycles. The number of nitrogens with two attached hydrogens (primary N) is 1. The van der Waals surface area contributed by atoms with Gasteiger partial charge >= 0.3 is 0 Å². The second kappa shape index (κ2) is 4.96. The van der Waals surface area contributed by atoms with Crippen molar-refractivity contribution < 1.29 is 4.74 Å². The molecule has 4 aliphatic rings. The van der Waals surface area contributed by atoms with Gasteiger partial charge in [0.25, 0.3) is 0 Å². The van der Waals surface area contributed by atoms with Crippen LogP contribution in [0.2, 0.25) is 0 Å². The Morgan fingerprint density at radius 2 is 1.75 bits per heavy atom. The molecule has 4 saturated carbocycles. The maximum absolute atomic E-state index is 6.08. The molecule has 0 spiro atoms. The summed E-state index contributed by atoms with van der Waals surface area (Å²) in [7, 11) is 0. The van der Waals surface area contributed by atoms with Crippen LogP contribution < -0.4 is 16.0 Å². The fourth-order valence-electron chi connectivity index (χ4n) is 5.18. The van der Waals surface area contributed by atoms with Crippen molar-refractivity contribution in [2.45, 2.75) is 32.1 Å². The Morgan fingerprint density at radius 1 is 1.05 bits per heavy atom. The highest BCUT2D eigenvalue weighted by atomic mass is 16.5. The summed E-state index contributed by atoms with van der Waals surface area (Å²) in [6.45, 7) is 0.892. The standard InChI is InChI=1S/C17H24N2O/c18-19-15-2-1-3-16(9-15)20-10-17-13-5-11-4-12(7-13)8-14(17)6-11/h1-3,9,11-14,17,19H,4-8,10,18H2. The van der Waals surface area contributed by atoms with Gasteiger partial charge in [0.15, 0.2) is 0 Å². The second-order valence-electron chi connectivity index (χ2n) is 7.08. The van der Waals surface area contributed by atoms with Crippen LogP contribution in [0.3, 0.4) is 0 Å². The van der Waals surface area contributed by atoms with Crippen LogP contribution in [0.5, 0.6) is 5.75 Å². The molecule has 0 atom stereocenters. The number of hydrogen-bond donors (Lipinski definition) is 2. The highest BCUT2D eigenvalue weighted by Gasteiger charge is 2.48. The average molecular weight is 272 g/mol. The Kier molecular flexibility index (Phi) is 3.10. The van der Waals surface area contributed by atoms with Crippen molar-refractivity contribution in [3.8, 4) is 5.75 Å². The Bertz CT molecular complexity index is 460. The van der Waals surface area contributed by atoms with Gasteiger partial charge in [0.1, 0.15) is 5.75 Å². The molecule has 0 saturated heterocycles. The maximum Gasteiger partial charge on any atom is 0.121 e. The summed E-state index contributed by atoms with van der Waals surface area (Å²) >= 11 is 0. The smallest absolute Gasteiger partial charge is 0.121 e. The van der Waals surface area contributed by atoms with Gasteiger partial charge in [-0.2, -0.15) is 0 Å². The molecule has 0 amide bonds. The van der Waals surface area contributed by atoms with Crippen molar-refractivity contribution in [1.29, 1.82) is 0 Å². The molecule has 3 N–H and O–H groups in total. The molecule has 0 unspecified atom stereocenters. The van der Waals surface area contributed by atoms with E-state index >= 15 is 0 Å². The van der Waals surface area contributed by atoms with Crippen LogP contribution in [-0.2, 0) is 0 Å². The van der Waals surface area contributed by atoms with Crippen molar-refractivity contribution in [3.63, 3.8) is 0 Å². The van der Waals surface area contributed by atoms with E-state index in [1.807, 2.05) is 24.3 Å². The Balaban J connectivity index is 1.42. The lowest BCUT2D eigenvalue weighted by Crippen LogP contribution is -2.47. The number of hydrogen-bond acceptors (Lipinski definition) is 3. The summed E-state index contributed by atoms with van der Waals surface area (Å²) in [5, 5.41) is 0. The third-order valence-electron chi connectivity index (χ3n) is 5.87. The van der Waals surface area contributed by atoms with Crippen molar-refractivity contribution in [2.24, 2.45) is 35.4 Å². The minimum absolute atomic E-state index is 0.789. The van der Waals surface area contributed by atoms with Crippen molar-refractivity contribution in [3.05, 3.63) is 24.3 Å². The largest absolute Gasteiger partial charge is 0.493 e. The van der Waals surface area contributed by atoms with Crippen molar-refractivity contribution in [1.82, 2.24) is 0 Å². The normalized spacial score (nSPS) is 38.0. The van der Waals surface area contributed by atoms with Crippen molar-refractivity contribution in [2.75, 3.05) is 12.0 Å². The third-order valence-corrected chi connectivity index (χ3v) is 5.87. The van der Waals surface area contributed by atoms with E-state index in [-0.39, 0.29) is 0 Å². The van der Waals surface area contributed by atoms with Crippen molar-refractivity contribution >= 4 is 5.69 Å². The van der Waals surface area contributed by atoms with Gasteiger partial charge in [-0.15, -0.1) is 0 Å². The highest BCUT2D eigenvalue weighted by molar-refractivity contribution is 5.46. The number of nitrogens with one attached hydrogen (secondary N) is 1. The van der Waals surface area contributed by atoms with Crippen LogP contribution in [0.4, 0.5) is 5.69 Å². The zero-order valence-corrected chi connectivity index (χ0v) is 11.9. The molecule has 0 radical (unpaired) electrons. The number of nitrogen functional groups attached to an aromatic ring is 1. The van der Waals surface area contributed by atoms with Crippen LogP contribution in [0.25, 0.3) is 0 Å². The first kappa shape index (κ1) is 12.5. The molecular formula is C17H24N2O. The predicted molar refractivity (Wildman–Crippen MR) is 80.3 cm³/mol. The molecule has 5 rings (SSSR count). The third kappa shape index (κ3) is 2.18. The van der Waals surface area contributed by atoms with E-state index in [2.05, 4.69) is 5.43 Å². The molecule has 108 valence electrons. The summed E-state index contributed by atoms with van der Waals surface area (Å²) in [6.07, 6.45) is 7.37. The van der Waals surface area contributed by atoms with E-state index in [9.17, 15) is 0 Å². The number of ether oxygens (including phenoxy) is 1. The lowest BCUT2D eigenvalue weighted by Gasteiger charge is -2.54. The van der Waals surface area contributed by atoms with Gasteiger partial charge in [-0.05, 0) is 73.8 Å². The van der Waals surface area contributed by atoms with E-state index in [1.165, 1.54) is 32.1 Å². The first-order chi connectivity index (χ1) is 9.81. The van der Waals surface area contributed by atoms with Crippen LogP contribution >= 0.6 is 0 Å². The summed E-state index contributed by atoms with van der Waals surface area (Å²) < 4.78 is 6.08. The quantitative estimate of drug-likeness (QED) is 0.652. The number of benzene rings is 1. The minimum Gasteiger partial charge on any atom is -0.493 e. The zero-order valence-electron chi connectivity index (χ0n) is 11.9. The van der Waals surface area contributed by atoms with Gasteiger partial charge in [0, 0.05) is 6.07 Å². The molecule has 20 heavy (non-hydrogen) atoms. The maximum atomic E-state index is 6.08. The molecule has 0 aromatic heterocycles. The Hall–Kier alpha value is -1.22. The van der Waals surface area contributed by atoms with Gasteiger partial charge in [-0.3, -0.25) is 5.84 Å². The summed E-state index contributed by atoms with van der Waals surface area (Å²) in [6, 6.07) is 7.95.